The number of hydrogen-bond acceptors (Lipinski definition) is 1. The van der Waals surface area contributed by atoms with E-state index in [0.717, 1.165) is 18.2 Å². The second-order valence-corrected chi connectivity index (χ2v) is 4.85. The van der Waals surface area contributed by atoms with Gasteiger partial charge in [0.1, 0.15) is 0 Å². The smallest absolute Gasteiger partial charge is 0.0267 e. The summed E-state index contributed by atoms with van der Waals surface area (Å²) in [6.07, 6.45) is 5.31. The van der Waals surface area contributed by atoms with Crippen molar-refractivity contribution in [1.82, 2.24) is 5.32 Å². The largest absolute Gasteiger partial charge is 0.385 e. The fourth-order valence-corrected chi connectivity index (χ4v) is 2.33. The molecule has 2 atom stereocenters. The quantitative estimate of drug-likeness (QED) is 0.584. The number of benzene rings is 1. The van der Waals surface area contributed by atoms with Gasteiger partial charge >= 0.3 is 0 Å². The summed E-state index contributed by atoms with van der Waals surface area (Å²) in [7, 11) is 0. The van der Waals surface area contributed by atoms with Gasteiger partial charge in [0, 0.05) is 18.2 Å². The Kier molecular flexibility index (Phi) is 4.03. The van der Waals surface area contributed by atoms with Crippen LogP contribution in [0, 0.1) is 11.8 Å². The summed E-state index contributed by atoms with van der Waals surface area (Å²) in [4.78, 5) is 0. The van der Waals surface area contributed by atoms with Crippen molar-refractivity contribution in [1.29, 1.82) is 0 Å². The Balaban J connectivity index is 1.76. The van der Waals surface area contributed by atoms with Gasteiger partial charge in [0.2, 0.25) is 0 Å². The minimum Gasteiger partial charge on any atom is -0.385 e. The zero-order valence-corrected chi connectivity index (χ0v) is 11.0. The summed E-state index contributed by atoms with van der Waals surface area (Å²) in [5.74, 6) is 1.38. The molecule has 0 bridgehead atoms. The van der Waals surface area contributed by atoms with Crippen molar-refractivity contribution in [2.24, 2.45) is 11.8 Å². The van der Waals surface area contributed by atoms with Gasteiger partial charge in [-0.15, -0.1) is 0 Å². The fraction of sp³-hybridized carbons (Fsp3) is 0.294. The Labute approximate surface area is 110 Å². The first-order valence-electron chi connectivity index (χ1n) is 6.57. The highest BCUT2D eigenvalue weighted by atomic mass is 14.9. The Bertz CT molecular complexity index is 456. The first-order valence-corrected chi connectivity index (χ1v) is 6.57. The molecule has 1 unspecified atom stereocenters. The molecule has 1 aromatic carbocycles. The second-order valence-electron chi connectivity index (χ2n) is 4.85. The molecule has 1 aromatic rings. The molecule has 1 aliphatic carbocycles. The van der Waals surface area contributed by atoms with E-state index in [9.17, 15) is 0 Å². The maximum Gasteiger partial charge on any atom is 0.0267 e. The molecule has 0 aliphatic heterocycles. The summed E-state index contributed by atoms with van der Waals surface area (Å²) < 4.78 is 0. The van der Waals surface area contributed by atoms with Crippen molar-refractivity contribution in [2.45, 2.75) is 13.3 Å². The van der Waals surface area contributed by atoms with E-state index in [-0.39, 0.29) is 0 Å². The third-order valence-electron chi connectivity index (χ3n) is 3.59. The molecule has 0 spiro atoms. The number of hydrogen-bond donors (Lipinski definition) is 1. The van der Waals surface area contributed by atoms with Gasteiger partial charge in [0.25, 0.3) is 0 Å². The standard InChI is InChI=1S/C17H21N/c1-4-16-14(3)17(16)12-18-13(2)10-11-15-8-6-5-7-9-15/h5-11,16-18H,2-4,12H2,1H3/b11-10+/t16-,17?/m0/s1. The predicted octanol–water partition coefficient (Wildman–Crippen LogP) is 4.02. The Morgan fingerprint density at radius 1 is 1.28 bits per heavy atom. The maximum atomic E-state index is 4.08. The van der Waals surface area contributed by atoms with Crippen LogP contribution in [0.4, 0.5) is 0 Å². The van der Waals surface area contributed by atoms with Gasteiger partial charge in [0.15, 0.2) is 0 Å². The van der Waals surface area contributed by atoms with Crippen LogP contribution in [-0.2, 0) is 0 Å². The third-order valence-corrected chi connectivity index (χ3v) is 3.59. The van der Waals surface area contributed by atoms with Crippen molar-refractivity contribution >= 4 is 6.08 Å². The molecule has 0 heterocycles. The number of nitrogens with one attached hydrogen (secondary N) is 1. The van der Waals surface area contributed by atoms with E-state index in [1.807, 2.05) is 24.3 Å². The lowest BCUT2D eigenvalue weighted by atomic mass is 10.2. The first-order chi connectivity index (χ1) is 8.72. The summed E-state index contributed by atoms with van der Waals surface area (Å²) in [5, 5.41) is 3.37. The number of allylic oxidation sites excluding steroid dienone is 1. The zero-order valence-electron chi connectivity index (χ0n) is 11.0. The predicted molar refractivity (Wildman–Crippen MR) is 79.0 cm³/mol. The Morgan fingerprint density at radius 3 is 2.61 bits per heavy atom. The lowest BCUT2D eigenvalue weighted by molar-refractivity contribution is 0.641. The third kappa shape index (κ3) is 3.13. The van der Waals surface area contributed by atoms with Gasteiger partial charge in [0.05, 0.1) is 0 Å². The van der Waals surface area contributed by atoms with Crippen LogP contribution in [-0.4, -0.2) is 6.54 Å². The van der Waals surface area contributed by atoms with Crippen LogP contribution in [0.2, 0.25) is 0 Å². The Hall–Kier alpha value is -1.76. The van der Waals surface area contributed by atoms with Crippen molar-refractivity contribution < 1.29 is 0 Å². The SMILES string of the molecule is C=C(/C=C/c1ccccc1)NCC1C(=C)[C@@H]1CC. The molecule has 1 saturated carbocycles. The molecule has 1 aliphatic rings. The van der Waals surface area contributed by atoms with E-state index in [1.165, 1.54) is 17.6 Å². The average Bonchev–Trinajstić information content (AvgIpc) is 3.04. The average molecular weight is 239 g/mol. The van der Waals surface area contributed by atoms with Gasteiger partial charge < -0.3 is 5.32 Å². The molecular weight excluding hydrogens is 218 g/mol. The summed E-state index contributed by atoms with van der Waals surface area (Å²) in [6.45, 7) is 11.3. The highest BCUT2D eigenvalue weighted by Crippen LogP contribution is 2.45. The lowest BCUT2D eigenvalue weighted by Gasteiger charge is -2.04. The van der Waals surface area contributed by atoms with Crippen LogP contribution in [0.25, 0.3) is 6.08 Å². The van der Waals surface area contributed by atoms with Crippen LogP contribution >= 0.6 is 0 Å². The molecule has 1 heteroatoms. The highest BCUT2D eigenvalue weighted by molar-refractivity contribution is 5.52. The first kappa shape index (κ1) is 12.7. The fourth-order valence-electron chi connectivity index (χ4n) is 2.33. The molecule has 2 rings (SSSR count). The minimum absolute atomic E-state index is 0.650. The monoisotopic (exact) mass is 239 g/mol. The summed E-state index contributed by atoms with van der Waals surface area (Å²) in [6, 6.07) is 10.3. The van der Waals surface area contributed by atoms with E-state index in [2.05, 4.69) is 43.6 Å². The molecule has 1 nitrogen and oxygen atoms in total. The van der Waals surface area contributed by atoms with Crippen LogP contribution in [0.5, 0.6) is 0 Å². The molecule has 1 N–H and O–H groups in total. The van der Waals surface area contributed by atoms with E-state index in [4.69, 9.17) is 0 Å². The maximum absolute atomic E-state index is 4.08. The van der Waals surface area contributed by atoms with Gasteiger partial charge in [-0.2, -0.15) is 0 Å². The van der Waals surface area contributed by atoms with E-state index in [0.29, 0.717) is 5.92 Å². The minimum atomic E-state index is 0.650. The molecule has 1 fully saturated rings. The zero-order chi connectivity index (χ0) is 13.0. The van der Waals surface area contributed by atoms with Gasteiger partial charge in [-0.25, -0.2) is 0 Å². The summed E-state index contributed by atoms with van der Waals surface area (Å²) in [5.41, 5.74) is 3.56. The number of rotatable bonds is 6. The molecule has 0 saturated heterocycles. The normalized spacial score (nSPS) is 22.2. The van der Waals surface area contributed by atoms with Crippen LogP contribution in [0.3, 0.4) is 0 Å². The van der Waals surface area contributed by atoms with Crippen molar-refractivity contribution in [2.75, 3.05) is 6.54 Å². The summed E-state index contributed by atoms with van der Waals surface area (Å²) >= 11 is 0. The highest BCUT2D eigenvalue weighted by Gasteiger charge is 2.39. The molecule has 0 aromatic heterocycles. The topological polar surface area (TPSA) is 12.0 Å². The molecule has 0 radical (unpaired) electrons. The Morgan fingerprint density at radius 2 is 2.00 bits per heavy atom. The van der Waals surface area contributed by atoms with E-state index >= 15 is 0 Å². The van der Waals surface area contributed by atoms with Crippen molar-refractivity contribution in [3.8, 4) is 0 Å². The molecule has 94 valence electrons. The lowest BCUT2D eigenvalue weighted by Crippen LogP contribution is -2.14. The molecular formula is C17H21N. The van der Waals surface area contributed by atoms with Crippen molar-refractivity contribution in [3.05, 3.63) is 66.4 Å². The van der Waals surface area contributed by atoms with Crippen LogP contribution in [0.15, 0.2) is 60.8 Å². The van der Waals surface area contributed by atoms with Crippen LogP contribution in [0.1, 0.15) is 18.9 Å². The van der Waals surface area contributed by atoms with Gasteiger partial charge in [-0.1, -0.05) is 62.1 Å². The van der Waals surface area contributed by atoms with Crippen molar-refractivity contribution in [3.63, 3.8) is 0 Å². The van der Waals surface area contributed by atoms with E-state index < -0.39 is 0 Å². The molecule has 18 heavy (non-hydrogen) atoms. The van der Waals surface area contributed by atoms with Gasteiger partial charge in [-0.05, 0) is 24.0 Å². The van der Waals surface area contributed by atoms with Gasteiger partial charge in [-0.3, -0.25) is 0 Å². The molecule has 0 amide bonds. The van der Waals surface area contributed by atoms with Crippen LogP contribution < -0.4 is 5.32 Å². The van der Waals surface area contributed by atoms with E-state index in [1.54, 1.807) is 0 Å². The second kappa shape index (κ2) is 5.72.